The zero-order valence-corrected chi connectivity index (χ0v) is 17.5. The maximum absolute atomic E-state index is 12.6. The molecule has 2 N–H and O–H groups in total. The summed E-state index contributed by atoms with van der Waals surface area (Å²) in [7, 11) is 0. The number of carbonyl (C=O) groups excluding carboxylic acids is 1. The molecule has 150 valence electrons. The number of nitrogens with two attached hydrogens (primary N) is 1. The van der Waals surface area contributed by atoms with Gasteiger partial charge in [-0.15, -0.1) is 0 Å². The molecular formula is C25H34N2O. The molecule has 0 aliphatic carbocycles. The summed E-state index contributed by atoms with van der Waals surface area (Å²) in [5.74, 6) is 0.448. The van der Waals surface area contributed by atoms with E-state index in [1.807, 2.05) is 30.3 Å². The third-order valence-electron chi connectivity index (χ3n) is 5.83. The standard InChI is InChI=1S/C25H34N2O/c1-25(2,3)22-11-9-19(10-12-22)17-23(26)18-27-15-13-21(14-16-27)24(28)20-7-5-4-6-8-20/h4-12,21,23H,13-18,26H2,1-3H3. The Morgan fingerprint density at radius 1 is 1.04 bits per heavy atom. The zero-order valence-electron chi connectivity index (χ0n) is 17.5. The second-order valence-corrected chi connectivity index (χ2v) is 9.22. The highest BCUT2D eigenvalue weighted by Gasteiger charge is 2.26. The molecule has 2 aromatic rings. The number of nitrogens with zero attached hydrogens (tertiary/aromatic N) is 1. The Morgan fingerprint density at radius 3 is 2.21 bits per heavy atom. The molecule has 2 aromatic carbocycles. The monoisotopic (exact) mass is 378 g/mol. The fraction of sp³-hybridized carbons (Fsp3) is 0.480. The molecule has 1 aliphatic rings. The van der Waals surface area contributed by atoms with Gasteiger partial charge in [0.25, 0.3) is 0 Å². The molecule has 1 aliphatic heterocycles. The molecule has 0 amide bonds. The lowest BCUT2D eigenvalue weighted by Crippen LogP contribution is -2.43. The topological polar surface area (TPSA) is 46.3 Å². The first kappa shape index (κ1) is 20.8. The van der Waals surface area contributed by atoms with Gasteiger partial charge in [-0.3, -0.25) is 4.79 Å². The molecule has 28 heavy (non-hydrogen) atoms. The minimum atomic E-state index is 0.127. The van der Waals surface area contributed by atoms with Crippen LogP contribution in [0.1, 0.15) is 55.1 Å². The van der Waals surface area contributed by atoms with E-state index in [1.165, 1.54) is 11.1 Å². The number of hydrogen-bond acceptors (Lipinski definition) is 3. The Labute approximate surface area is 169 Å². The van der Waals surface area contributed by atoms with Gasteiger partial charge in [0, 0.05) is 24.1 Å². The van der Waals surface area contributed by atoms with Crippen molar-refractivity contribution >= 4 is 5.78 Å². The van der Waals surface area contributed by atoms with E-state index in [9.17, 15) is 4.79 Å². The summed E-state index contributed by atoms with van der Waals surface area (Å²) in [5.41, 5.74) is 10.1. The fourth-order valence-electron chi connectivity index (χ4n) is 4.06. The second kappa shape index (κ2) is 9.02. The molecule has 1 atom stereocenters. The Morgan fingerprint density at radius 2 is 1.64 bits per heavy atom. The molecule has 1 heterocycles. The van der Waals surface area contributed by atoms with Crippen LogP contribution in [0.4, 0.5) is 0 Å². The van der Waals surface area contributed by atoms with Crippen molar-refractivity contribution in [1.82, 2.24) is 4.90 Å². The number of Topliss-reactive ketones (excluding diaryl/α,β-unsaturated/α-hetero) is 1. The second-order valence-electron chi connectivity index (χ2n) is 9.22. The van der Waals surface area contributed by atoms with Crippen molar-refractivity contribution in [2.75, 3.05) is 19.6 Å². The van der Waals surface area contributed by atoms with Crippen LogP contribution in [-0.2, 0) is 11.8 Å². The first-order chi connectivity index (χ1) is 13.3. The quantitative estimate of drug-likeness (QED) is 0.756. The first-order valence-electron chi connectivity index (χ1n) is 10.5. The number of carbonyl (C=O) groups is 1. The maximum Gasteiger partial charge on any atom is 0.166 e. The predicted octanol–water partition coefficient (Wildman–Crippen LogP) is 4.45. The van der Waals surface area contributed by atoms with E-state index < -0.39 is 0 Å². The van der Waals surface area contributed by atoms with Crippen molar-refractivity contribution in [2.24, 2.45) is 11.7 Å². The highest BCUT2D eigenvalue weighted by molar-refractivity contribution is 5.97. The van der Waals surface area contributed by atoms with Crippen LogP contribution >= 0.6 is 0 Å². The molecule has 3 heteroatoms. The Bertz CT molecular complexity index is 753. The van der Waals surface area contributed by atoms with Crippen molar-refractivity contribution in [2.45, 2.75) is 51.5 Å². The van der Waals surface area contributed by atoms with E-state index in [0.717, 1.165) is 44.5 Å². The molecule has 0 saturated carbocycles. The number of likely N-dealkylation sites (tertiary alicyclic amines) is 1. The van der Waals surface area contributed by atoms with E-state index >= 15 is 0 Å². The van der Waals surface area contributed by atoms with Crippen LogP contribution < -0.4 is 5.73 Å². The largest absolute Gasteiger partial charge is 0.326 e. The Balaban J connectivity index is 1.46. The number of rotatable bonds is 6. The lowest BCUT2D eigenvalue weighted by molar-refractivity contribution is 0.0836. The van der Waals surface area contributed by atoms with Gasteiger partial charge >= 0.3 is 0 Å². The van der Waals surface area contributed by atoms with Gasteiger partial charge in [-0.05, 0) is 48.9 Å². The van der Waals surface area contributed by atoms with E-state index in [0.29, 0.717) is 5.78 Å². The molecule has 1 saturated heterocycles. The van der Waals surface area contributed by atoms with Gasteiger partial charge in [0.2, 0.25) is 0 Å². The van der Waals surface area contributed by atoms with Crippen molar-refractivity contribution in [1.29, 1.82) is 0 Å². The van der Waals surface area contributed by atoms with Gasteiger partial charge in [0.1, 0.15) is 0 Å². The van der Waals surface area contributed by atoms with Crippen LogP contribution in [0, 0.1) is 5.92 Å². The van der Waals surface area contributed by atoms with Gasteiger partial charge in [-0.25, -0.2) is 0 Å². The predicted molar refractivity (Wildman–Crippen MR) is 117 cm³/mol. The molecule has 0 spiro atoms. The number of ketones is 1. The molecule has 0 radical (unpaired) electrons. The SMILES string of the molecule is CC(C)(C)c1ccc(CC(N)CN2CCC(C(=O)c3ccccc3)CC2)cc1. The summed E-state index contributed by atoms with van der Waals surface area (Å²) in [6, 6.07) is 18.7. The van der Waals surface area contributed by atoms with E-state index in [-0.39, 0.29) is 17.4 Å². The third kappa shape index (κ3) is 5.52. The van der Waals surface area contributed by atoms with E-state index in [4.69, 9.17) is 5.73 Å². The molecule has 1 unspecified atom stereocenters. The average Bonchev–Trinajstić information content (AvgIpc) is 2.68. The summed E-state index contributed by atoms with van der Waals surface area (Å²) in [6.07, 6.45) is 2.76. The number of hydrogen-bond donors (Lipinski definition) is 1. The fourth-order valence-corrected chi connectivity index (χ4v) is 4.06. The lowest BCUT2D eigenvalue weighted by atomic mass is 9.86. The molecule has 3 rings (SSSR count). The van der Waals surface area contributed by atoms with Crippen LogP contribution in [0.25, 0.3) is 0 Å². The molecule has 3 nitrogen and oxygen atoms in total. The summed E-state index contributed by atoms with van der Waals surface area (Å²) in [4.78, 5) is 15.0. The van der Waals surface area contributed by atoms with Crippen LogP contribution in [0.5, 0.6) is 0 Å². The highest BCUT2D eigenvalue weighted by Crippen LogP contribution is 2.23. The maximum atomic E-state index is 12.6. The van der Waals surface area contributed by atoms with E-state index in [1.54, 1.807) is 0 Å². The van der Waals surface area contributed by atoms with E-state index in [2.05, 4.69) is 49.9 Å². The smallest absolute Gasteiger partial charge is 0.166 e. The average molecular weight is 379 g/mol. The number of piperidine rings is 1. The third-order valence-corrected chi connectivity index (χ3v) is 5.83. The summed E-state index contributed by atoms with van der Waals surface area (Å²) in [5, 5.41) is 0. The molecule has 0 bridgehead atoms. The summed E-state index contributed by atoms with van der Waals surface area (Å²) in [6.45, 7) is 9.52. The van der Waals surface area contributed by atoms with Crippen LogP contribution in [0.3, 0.4) is 0 Å². The lowest BCUT2D eigenvalue weighted by Gasteiger charge is -2.33. The van der Waals surface area contributed by atoms with Gasteiger partial charge in [-0.1, -0.05) is 75.4 Å². The van der Waals surface area contributed by atoms with Crippen LogP contribution in [0.15, 0.2) is 54.6 Å². The van der Waals surface area contributed by atoms with Gasteiger partial charge in [0.15, 0.2) is 5.78 Å². The number of benzene rings is 2. The molecule has 0 aromatic heterocycles. The highest BCUT2D eigenvalue weighted by atomic mass is 16.1. The summed E-state index contributed by atoms with van der Waals surface area (Å²) >= 11 is 0. The van der Waals surface area contributed by atoms with Gasteiger partial charge in [-0.2, -0.15) is 0 Å². The van der Waals surface area contributed by atoms with Gasteiger partial charge < -0.3 is 10.6 Å². The molecule has 1 fully saturated rings. The van der Waals surface area contributed by atoms with Crippen molar-refractivity contribution in [3.63, 3.8) is 0 Å². The van der Waals surface area contributed by atoms with Crippen molar-refractivity contribution in [3.05, 3.63) is 71.3 Å². The molecular weight excluding hydrogens is 344 g/mol. The van der Waals surface area contributed by atoms with Crippen molar-refractivity contribution in [3.8, 4) is 0 Å². The minimum absolute atomic E-state index is 0.127. The van der Waals surface area contributed by atoms with Crippen LogP contribution in [0.2, 0.25) is 0 Å². The van der Waals surface area contributed by atoms with Crippen LogP contribution in [-0.4, -0.2) is 36.4 Å². The summed E-state index contributed by atoms with van der Waals surface area (Å²) < 4.78 is 0. The normalized spacial score (nSPS) is 17.4. The zero-order chi connectivity index (χ0) is 20.1. The Kier molecular flexibility index (Phi) is 6.69. The first-order valence-corrected chi connectivity index (χ1v) is 10.5. The minimum Gasteiger partial charge on any atom is -0.326 e. The van der Waals surface area contributed by atoms with Crippen molar-refractivity contribution < 1.29 is 4.79 Å². The van der Waals surface area contributed by atoms with Gasteiger partial charge in [0.05, 0.1) is 0 Å². The Hall–Kier alpha value is -1.97.